The summed E-state index contributed by atoms with van der Waals surface area (Å²) < 4.78 is 53.6. The number of hydrogen-bond donors (Lipinski definition) is 1. The van der Waals surface area contributed by atoms with Crippen molar-refractivity contribution in [1.29, 1.82) is 0 Å². The van der Waals surface area contributed by atoms with Gasteiger partial charge in [-0.25, -0.2) is 13.1 Å². The molecule has 1 fully saturated rings. The van der Waals surface area contributed by atoms with Gasteiger partial charge in [0.2, 0.25) is 10.0 Å². The number of aryl methyl sites for hydroxylation is 1. The summed E-state index contributed by atoms with van der Waals surface area (Å²) in [5.74, 6) is 0.452. The standard InChI is InChI=1S/C37H49ClN2O7S/c1-25-6-4-8-33(46-19-18-45-3)30-12-9-28(30)22-40-23-37(16-5-7-26-20-29(38)11-13-31(26)37)24-47-34-14-10-27(21-32(34)40)36(41)39-48(42,43)35(25)15-17-44-2/h4,8,10-11,13-14,20-21,25,28,30,33,35H,5-7,9,12,15-19,22-24H2,1-3H3,(H,39,41)/b8-4-/t25-,28-,30+,33-,35+,37-/m0/s1. The van der Waals surface area contributed by atoms with E-state index in [4.69, 9.17) is 30.5 Å². The summed E-state index contributed by atoms with van der Waals surface area (Å²) in [6.07, 6.45) is 9.94. The molecule has 1 spiro atoms. The second-order valence-electron chi connectivity index (χ2n) is 14.1. The van der Waals surface area contributed by atoms with Gasteiger partial charge in [-0.15, -0.1) is 0 Å². The molecule has 1 amide bonds. The first-order valence-corrected chi connectivity index (χ1v) is 19.2. The van der Waals surface area contributed by atoms with Crippen LogP contribution in [0.4, 0.5) is 5.69 Å². The first-order chi connectivity index (χ1) is 23.1. The van der Waals surface area contributed by atoms with Crippen molar-refractivity contribution in [3.05, 3.63) is 70.3 Å². The van der Waals surface area contributed by atoms with Gasteiger partial charge in [0.1, 0.15) is 5.75 Å². The van der Waals surface area contributed by atoms with Gasteiger partial charge in [-0.3, -0.25) is 4.79 Å². The molecule has 48 heavy (non-hydrogen) atoms. The summed E-state index contributed by atoms with van der Waals surface area (Å²) in [6, 6.07) is 11.5. The number of anilines is 1. The highest BCUT2D eigenvalue weighted by Crippen LogP contribution is 2.47. The fourth-order valence-electron chi connectivity index (χ4n) is 8.20. The van der Waals surface area contributed by atoms with Crippen LogP contribution in [0.2, 0.25) is 5.02 Å². The number of amides is 1. The zero-order valence-electron chi connectivity index (χ0n) is 28.3. The van der Waals surface area contributed by atoms with Crippen LogP contribution in [0.1, 0.15) is 66.9 Å². The molecular formula is C37H49ClN2O7S. The summed E-state index contributed by atoms with van der Waals surface area (Å²) in [7, 11) is -0.803. The summed E-state index contributed by atoms with van der Waals surface area (Å²) in [5, 5.41) is -0.0772. The highest BCUT2D eigenvalue weighted by Gasteiger charge is 2.44. The van der Waals surface area contributed by atoms with Gasteiger partial charge in [0.25, 0.3) is 5.91 Å². The molecule has 1 N–H and O–H groups in total. The summed E-state index contributed by atoms with van der Waals surface area (Å²) in [4.78, 5) is 16.1. The van der Waals surface area contributed by atoms with Crippen LogP contribution in [0, 0.1) is 17.8 Å². The molecule has 11 heteroatoms. The highest BCUT2D eigenvalue weighted by atomic mass is 35.5. The van der Waals surface area contributed by atoms with Gasteiger partial charge in [0.15, 0.2) is 0 Å². The SMILES string of the molecule is COCCO[C@H]1/C=C\C[C@H](C)[C@@H](CCOC)S(=O)(=O)NC(=O)c2ccc3c(c2)N(C[C@@H]2CC[C@H]21)C[C@@]1(CCCc2cc(Cl)ccc21)CO3. The molecule has 2 aromatic rings. The molecule has 2 bridgehead atoms. The predicted molar refractivity (Wildman–Crippen MR) is 188 cm³/mol. The van der Waals surface area contributed by atoms with Gasteiger partial charge < -0.3 is 23.8 Å². The van der Waals surface area contributed by atoms with Crippen molar-refractivity contribution in [2.45, 2.75) is 68.6 Å². The first kappa shape index (κ1) is 35.2. The topological polar surface area (TPSA) is 103 Å². The minimum absolute atomic E-state index is 0.117. The summed E-state index contributed by atoms with van der Waals surface area (Å²) >= 11 is 6.45. The van der Waals surface area contributed by atoms with Crippen LogP contribution in [-0.2, 0) is 36.1 Å². The molecule has 0 saturated heterocycles. The predicted octanol–water partition coefficient (Wildman–Crippen LogP) is 5.93. The van der Waals surface area contributed by atoms with Crippen LogP contribution in [0.15, 0.2) is 48.6 Å². The maximum absolute atomic E-state index is 13.8. The fourth-order valence-corrected chi connectivity index (χ4v) is 10.1. The number of fused-ring (bicyclic) bond motifs is 4. The minimum Gasteiger partial charge on any atom is -0.490 e. The number of allylic oxidation sites excluding steroid dienone is 1. The fraction of sp³-hybridized carbons (Fsp3) is 0.595. The van der Waals surface area contributed by atoms with E-state index in [2.05, 4.69) is 33.9 Å². The van der Waals surface area contributed by atoms with E-state index in [9.17, 15) is 13.2 Å². The van der Waals surface area contributed by atoms with Gasteiger partial charge in [0.05, 0.1) is 36.9 Å². The molecule has 0 radical (unpaired) electrons. The zero-order valence-corrected chi connectivity index (χ0v) is 29.9. The smallest absolute Gasteiger partial charge is 0.264 e. The van der Waals surface area contributed by atoms with E-state index >= 15 is 0 Å². The molecule has 2 aliphatic heterocycles. The normalized spacial score (nSPS) is 30.6. The van der Waals surface area contributed by atoms with Crippen molar-refractivity contribution in [2.24, 2.45) is 17.8 Å². The average molecular weight is 701 g/mol. The molecule has 6 atom stereocenters. The average Bonchev–Trinajstić information content (AvgIpc) is 3.19. The zero-order chi connectivity index (χ0) is 33.9. The summed E-state index contributed by atoms with van der Waals surface area (Å²) in [6.45, 7) is 5.14. The Balaban J connectivity index is 1.41. The molecule has 6 rings (SSSR count). The lowest BCUT2D eigenvalue weighted by Crippen LogP contribution is -2.49. The van der Waals surface area contributed by atoms with Gasteiger partial charge >= 0.3 is 0 Å². The first-order valence-electron chi connectivity index (χ1n) is 17.3. The number of rotatable bonds is 7. The number of carbonyl (C=O) groups excluding carboxylic acids is 1. The van der Waals surface area contributed by atoms with E-state index < -0.39 is 21.2 Å². The van der Waals surface area contributed by atoms with E-state index in [1.165, 1.54) is 11.1 Å². The number of halogens is 1. The molecule has 4 aliphatic rings. The molecule has 9 nitrogen and oxygen atoms in total. The third-order valence-corrected chi connectivity index (χ3v) is 13.2. The van der Waals surface area contributed by atoms with Crippen molar-refractivity contribution in [3.63, 3.8) is 0 Å². The molecule has 1 saturated carbocycles. The Morgan fingerprint density at radius 3 is 2.69 bits per heavy atom. The van der Waals surface area contributed by atoms with Crippen LogP contribution < -0.4 is 14.4 Å². The minimum atomic E-state index is -4.03. The van der Waals surface area contributed by atoms with Gasteiger partial charge in [-0.2, -0.15) is 0 Å². The highest BCUT2D eigenvalue weighted by molar-refractivity contribution is 7.90. The van der Waals surface area contributed by atoms with E-state index in [1.807, 2.05) is 25.1 Å². The number of ether oxygens (including phenoxy) is 4. The Labute approximate surface area is 290 Å². The third kappa shape index (κ3) is 7.43. The maximum Gasteiger partial charge on any atom is 0.264 e. The van der Waals surface area contributed by atoms with Gasteiger partial charge in [-0.05, 0) is 104 Å². The van der Waals surface area contributed by atoms with Crippen molar-refractivity contribution in [2.75, 3.05) is 58.6 Å². The van der Waals surface area contributed by atoms with E-state index in [1.54, 1.807) is 20.3 Å². The Morgan fingerprint density at radius 2 is 1.92 bits per heavy atom. The molecule has 2 aromatic carbocycles. The Kier molecular flexibility index (Phi) is 11.1. The lowest BCUT2D eigenvalue weighted by molar-refractivity contribution is -0.0309. The third-order valence-electron chi connectivity index (χ3n) is 11.0. The molecular weight excluding hydrogens is 652 g/mol. The number of benzene rings is 2. The van der Waals surface area contributed by atoms with Crippen LogP contribution in [0.3, 0.4) is 0 Å². The molecule has 2 heterocycles. The van der Waals surface area contributed by atoms with Crippen molar-refractivity contribution < 1.29 is 32.2 Å². The van der Waals surface area contributed by atoms with Crippen LogP contribution in [0.25, 0.3) is 0 Å². The lowest BCUT2D eigenvalue weighted by atomic mass is 9.68. The molecule has 262 valence electrons. The van der Waals surface area contributed by atoms with Crippen LogP contribution >= 0.6 is 11.6 Å². The molecule has 2 aliphatic carbocycles. The van der Waals surface area contributed by atoms with E-state index in [-0.39, 0.29) is 36.0 Å². The number of nitrogens with one attached hydrogen (secondary N) is 1. The number of sulfonamides is 1. The number of nitrogens with zero attached hydrogens (tertiary/aromatic N) is 1. The van der Waals surface area contributed by atoms with Gasteiger partial charge in [-0.1, -0.05) is 36.7 Å². The summed E-state index contributed by atoms with van der Waals surface area (Å²) in [5.41, 5.74) is 3.37. The number of hydrogen-bond acceptors (Lipinski definition) is 8. The Hall–Kier alpha value is -2.63. The Morgan fingerprint density at radius 1 is 1.08 bits per heavy atom. The van der Waals surface area contributed by atoms with E-state index in [0.29, 0.717) is 50.4 Å². The monoisotopic (exact) mass is 700 g/mol. The maximum atomic E-state index is 13.8. The van der Waals surface area contributed by atoms with Crippen LogP contribution in [0.5, 0.6) is 5.75 Å². The van der Waals surface area contributed by atoms with Crippen molar-refractivity contribution in [1.82, 2.24) is 4.72 Å². The quantitative estimate of drug-likeness (QED) is 0.280. The van der Waals surface area contributed by atoms with Gasteiger partial charge in [0, 0.05) is 49.9 Å². The molecule has 0 unspecified atom stereocenters. The second-order valence-corrected chi connectivity index (χ2v) is 16.4. The Bertz CT molecular complexity index is 1600. The van der Waals surface area contributed by atoms with Crippen molar-refractivity contribution in [3.8, 4) is 5.75 Å². The lowest BCUT2D eigenvalue weighted by Gasteiger charge is -2.46. The number of carbonyl (C=O) groups is 1. The largest absolute Gasteiger partial charge is 0.490 e. The molecule has 0 aromatic heterocycles. The van der Waals surface area contributed by atoms with Crippen LogP contribution in [-0.4, -0.2) is 79.4 Å². The van der Waals surface area contributed by atoms with E-state index in [0.717, 1.165) is 49.4 Å². The van der Waals surface area contributed by atoms with Crippen molar-refractivity contribution >= 4 is 33.2 Å². The number of methoxy groups -OCH3 is 2. The second kappa shape index (κ2) is 15.1.